The predicted molar refractivity (Wildman–Crippen MR) is 115 cm³/mol. The second-order valence-corrected chi connectivity index (χ2v) is 7.69. The van der Waals surface area contributed by atoms with Gasteiger partial charge in [0.2, 0.25) is 0 Å². The summed E-state index contributed by atoms with van der Waals surface area (Å²) in [6.45, 7) is 9.17. The Morgan fingerprint density at radius 1 is 1.06 bits per heavy atom. The predicted octanol–water partition coefficient (Wildman–Crippen LogP) is 3.26. The van der Waals surface area contributed by atoms with Crippen LogP contribution in [-0.2, 0) is 9.53 Å². The van der Waals surface area contributed by atoms with Crippen LogP contribution in [0.2, 0.25) is 0 Å². The molecule has 0 radical (unpaired) electrons. The van der Waals surface area contributed by atoms with E-state index in [1.165, 1.54) is 26.3 Å². The number of rotatable bonds is 9. The summed E-state index contributed by atoms with van der Waals surface area (Å²) in [6.07, 6.45) is 0.394. The van der Waals surface area contributed by atoms with Gasteiger partial charge in [-0.1, -0.05) is 31.5 Å². The zero-order valence-electron chi connectivity index (χ0n) is 18.7. The van der Waals surface area contributed by atoms with Crippen molar-refractivity contribution in [3.63, 3.8) is 0 Å². The lowest BCUT2D eigenvalue weighted by molar-refractivity contribution is -0.158. The SMILES string of the molecule is COc1ccnc(C(=O)N[C@@H](C)C(=O)O[C@@H](C(C)C)[C@H](C)Oc2ccc(C)cc2)c1O. The maximum atomic E-state index is 12.6. The van der Waals surface area contributed by atoms with Crippen molar-refractivity contribution < 1.29 is 28.9 Å². The molecule has 0 fully saturated rings. The number of aromatic nitrogens is 1. The molecule has 168 valence electrons. The first-order chi connectivity index (χ1) is 14.6. The van der Waals surface area contributed by atoms with Gasteiger partial charge in [-0.05, 0) is 38.8 Å². The molecule has 1 aromatic heterocycles. The number of carbonyl (C=O) groups is 2. The van der Waals surface area contributed by atoms with Gasteiger partial charge in [-0.3, -0.25) is 4.79 Å². The molecule has 0 bridgehead atoms. The van der Waals surface area contributed by atoms with E-state index in [0.29, 0.717) is 5.75 Å². The maximum Gasteiger partial charge on any atom is 0.328 e. The number of methoxy groups -OCH3 is 1. The van der Waals surface area contributed by atoms with Crippen LogP contribution in [0.1, 0.15) is 43.7 Å². The Labute approximate surface area is 182 Å². The number of aryl methyl sites for hydroxylation is 1. The molecule has 2 aromatic rings. The average molecular weight is 431 g/mol. The summed E-state index contributed by atoms with van der Waals surface area (Å²) >= 11 is 0. The van der Waals surface area contributed by atoms with Crippen LogP contribution in [0, 0.1) is 12.8 Å². The summed E-state index contributed by atoms with van der Waals surface area (Å²) in [5.74, 6) is -0.961. The van der Waals surface area contributed by atoms with Crippen molar-refractivity contribution in [2.24, 2.45) is 5.92 Å². The first-order valence-electron chi connectivity index (χ1n) is 10.1. The third kappa shape index (κ3) is 6.34. The molecule has 0 saturated carbocycles. The van der Waals surface area contributed by atoms with E-state index in [1.54, 1.807) is 0 Å². The van der Waals surface area contributed by atoms with Crippen molar-refractivity contribution in [3.05, 3.63) is 47.8 Å². The molecule has 8 nitrogen and oxygen atoms in total. The first kappa shape index (κ1) is 24.0. The molecule has 2 rings (SSSR count). The Morgan fingerprint density at radius 3 is 2.29 bits per heavy atom. The van der Waals surface area contributed by atoms with Gasteiger partial charge in [0.15, 0.2) is 17.2 Å². The molecule has 0 aliphatic carbocycles. The fourth-order valence-electron chi connectivity index (χ4n) is 3.00. The van der Waals surface area contributed by atoms with Crippen LogP contribution in [-0.4, -0.2) is 47.3 Å². The van der Waals surface area contributed by atoms with E-state index in [-0.39, 0.29) is 17.4 Å². The van der Waals surface area contributed by atoms with Crippen molar-refractivity contribution in [1.82, 2.24) is 10.3 Å². The Balaban J connectivity index is 2.02. The summed E-state index contributed by atoms with van der Waals surface area (Å²) in [7, 11) is 1.36. The number of ether oxygens (including phenoxy) is 3. The van der Waals surface area contributed by atoms with Crippen molar-refractivity contribution in [2.75, 3.05) is 7.11 Å². The molecular weight excluding hydrogens is 400 g/mol. The second kappa shape index (κ2) is 10.7. The zero-order chi connectivity index (χ0) is 23.1. The third-order valence-electron chi connectivity index (χ3n) is 4.74. The van der Waals surface area contributed by atoms with Gasteiger partial charge in [-0.2, -0.15) is 0 Å². The van der Waals surface area contributed by atoms with E-state index in [9.17, 15) is 14.7 Å². The summed E-state index contributed by atoms with van der Waals surface area (Å²) in [6, 6.07) is 8.07. The van der Waals surface area contributed by atoms with Crippen molar-refractivity contribution in [2.45, 2.75) is 52.9 Å². The minimum absolute atomic E-state index is 0.0172. The summed E-state index contributed by atoms with van der Waals surface area (Å²) in [5.41, 5.74) is 0.878. The number of nitrogens with zero attached hydrogens (tertiary/aromatic N) is 1. The summed E-state index contributed by atoms with van der Waals surface area (Å²) in [4.78, 5) is 28.9. The van der Waals surface area contributed by atoms with Gasteiger partial charge >= 0.3 is 5.97 Å². The number of hydrogen-bond acceptors (Lipinski definition) is 7. The van der Waals surface area contributed by atoms with Crippen LogP contribution >= 0.6 is 0 Å². The lowest BCUT2D eigenvalue weighted by Crippen LogP contribution is -2.45. The highest BCUT2D eigenvalue weighted by Gasteiger charge is 2.30. The molecule has 31 heavy (non-hydrogen) atoms. The van der Waals surface area contributed by atoms with Crippen LogP contribution in [0.5, 0.6) is 17.2 Å². The average Bonchev–Trinajstić information content (AvgIpc) is 2.73. The minimum Gasteiger partial charge on any atom is -0.503 e. The van der Waals surface area contributed by atoms with Crippen LogP contribution in [0.4, 0.5) is 0 Å². The molecule has 0 unspecified atom stereocenters. The molecule has 0 aliphatic rings. The smallest absolute Gasteiger partial charge is 0.328 e. The summed E-state index contributed by atoms with van der Waals surface area (Å²) < 4.78 is 16.6. The number of hydrogen-bond donors (Lipinski definition) is 2. The van der Waals surface area contributed by atoms with Crippen molar-refractivity contribution in [3.8, 4) is 17.2 Å². The zero-order valence-corrected chi connectivity index (χ0v) is 18.7. The normalized spacial score (nSPS) is 13.8. The van der Waals surface area contributed by atoms with Crippen LogP contribution in [0.3, 0.4) is 0 Å². The quantitative estimate of drug-likeness (QED) is 0.588. The van der Waals surface area contributed by atoms with Gasteiger partial charge < -0.3 is 24.6 Å². The highest BCUT2D eigenvalue weighted by atomic mass is 16.6. The van der Waals surface area contributed by atoms with Gasteiger partial charge in [-0.25, -0.2) is 9.78 Å². The monoisotopic (exact) mass is 430 g/mol. The number of carbonyl (C=O) groups excluding carboxylic acids is 2. The van der Waals surface area contributed by atoms with E-state index in [0.717, 1.165) is 5.56 Å². The number of esters is 1. The van der Waals surface area contributed by atoms with Crippen molar-refractivity contribution in [1.29, 1.82) is 0 Å². The molecule has 0 aliphatic heterocycles. The first-order valence-corrected chi connectivity index (χ1v) is 10.1. The lowest BCUT2D eigenvalue weighted by atomic mass is 10.0. The fraction of sp³-hybridized carbons (Fsp3) is 0.435. The van der Waals surface area contributed by atoms with Gasteiger partial charge in [0.05, 0.1) is 7.11 Å². The Bertz CT molecular complexity index is 897. The number of pyridine rings is 1. The molecule has 2 N–H and O–H groups in total. The standard InChI is InChI=1S/C23H30N2O6/c1-13(2)21(16(5)30-17-9-7-14(3)8-10-17)31-23(28)15(4)25-22(27)19-20(26)18(29-6)11-12-24-19/h7-13,15-16,21,26H,1-6H3,(H,25,27)/t15-,16-,21-/m0/s1. The maximum absolute atomic E-state index is 12.6. The number of nitrogens with one attached hydrogen (secondary N) is 1. The fourth-order valence-corrected chi connectivity index (χ4v) is 3.00. The van der Waals surface area contributed by atoms with E-state index < -0.39 is 35.9 Å². The molecule has 8 heteroatoms. The van der Waals surface area contributed by atoms with Crippen LogP contribution in [0.15, 0.2) is 36.5 Å². The lowest BCUT2D eigenvalue weighted by Gasteiger charge is -2.29. The molecule has 1 heterocycles. The van der Waals surface area contributed by atoms with E-state index >= 15 is 0 Å². The Kier molecular flexibility index (Phi) is 8.24. The van der Waals surface area contributed by atoms with Crippen LogP contribution in [0.25, 0.3) is 0 Å². The molecule has 1 amide bonds. The Morgan fingerprint density at radius 2 is 1.71 bits per heavy atom. The largest absolute Gasteiger partial charge is 0.503 e. The molecular formula is C23H30N2O6. The minimum atomic E-state index is -0.965. The molecule has 3 atom stereocenters. The van der Waals surface area contributed by atoms with Crippen molar-refractivity contribution >= 4 is 11.9 Å². The van der Waals surface area contributed by atoms with E-state index in [2.05, 4.69) is 10.3 Å². The van der Waals surface area contributed by atoms with Gasteiger partial charge in [0.25, 0.3) is 5.91 Å². The third-order valence-corrected chi connectivity index (χ3v) is 4.74. The topological polar surface area (TPSA) is 107 Å². The van der Waals surface area contributed by atoms with Gasteiger partial charge in [0.1, 0.15) is 24.0 Å². The van der Waals surface area contributed by atoms with E-state index in [4.69, 9.17) is 14.2 Å². The highest BCUT2D eigenvalue weighted by Crippen LogP contribution is 2.27. The summed E-state index contributed by atoms with van der Waals surface area (Å²) in [5, 5.41) is 12.6. The van der Waals surface area contributed by atoms with E-state index in [1.807, 2.05) is 52.0 Å². The van der Waals surface area contributed by atoms with Crippen LogP contribution < -0.4 is 14.8 Å². The molecule has 1 aromatic carbocycles. The number of amides is 1. The Hall–Kier alpha value is -3.29. The van der Waals surface area contributed by atoms with Gasteiger partial charge in [0, 0.05) is 12.3 Å². The van der Waals surface area contributed by atoms with Gasteiger partial charge in [-0.15, -0.1) is 0 Å². The second-order valence-electron chi connectivity index (χ2n) is 7.69. The highest BCUT2D eigenvalue weighted by molar-refractivity contribution is 5.97. The number of aromatic hydroxyl groups is 1. The number of benzene rings is 1. The molecule has 0 saturated heterocycles. The molecule has 0 spiro atoms.